The number of carbonyl (C=O) groups excluding carboxylic acids is 1. The third kappa shape index (κ3) is 4.46. The summed E-state index contributed by atoms with van der Waals surface area (Å²) < 4.78 is 10.7. The molecule has 1 aromatic carbocycles. The van der Waals surface area contributed by atoms with E-state index in [0.29, 0.717) is 29.1 Å². The molecule has 0 spiro atoms. The minimum Gasteiger partial charge on any atom is -0.494 e. The van der Waals surface area contributed by atoms with Gasteiger partial charge in [0.15, 0.2) is 5.82 Å². The molecular formula is C35H39N9O2. The van der Waals surface area contributed by atoms with Crippen LogP contribution in [0.3, 0.4) is 0 Å². The lowest BCUT2D eigenvalue weighted by molar-refractivity contribution is 0.0700. The average Bonchev–Trinajstić information content (AvgIpc) is 3.40. The van der Waals surface area contributed by atoms with Gasteiger partial charge in [0.05, 0.1) is 18.3 Å². The van der Waals surface area contributed by atoms with Gasteiger partial charge in [-0.25, -0.2) is 19.9 Å². The van der Waals surface area contributed by atoms with Crippen molar-refractivity contribution in [2.24, 2.45) is 23.5 Å². The Labute approximate surface area is 267 Å². The zero-order valence-corrected chi connectivity index (χ0v) is 26.3. The summed E-state index contributed by atoms with van der Waals surface area (Å²) >= 11 is 0. The van der Waals surface area contributed by atoms with Crippen molar-refractivity contribution in [3.8, 4) is 17.3 Å². The number of ether oxygens (including phenoxy) is 1. The number of anilines is 1. The van der Waals surface area contributed by atoms with Gasteiger partial charge in [-0.2, -0.15) is 0 Å². The first-order valence-electron chi connectivity index (χ1n) is 16.6. The van der Waals surface area contributed by atoms with Crippen molar-refractivity contribution in [3.05, 3.63) is 60.2 Å². The van der Waals surface area contributed by atoms with E-state index in [1.54, 1.807) is 7.11 Å². The Morgan fingerprint density at radius 1 is 0.957 bits per heavy atom. The molecule has 9 rings (SSSR count). The van der Waals surface area contributed by atoms with E-state index in [-0.39, 0.29) is 18.0 Å². The highest BCUT2D eigenvalue weighted by Gasteiger charge is 2.47. The summed E-state index contributed by atoms with van der Waals surface area (Å²) in [5, 5.41) is 1.11. The van der Waals surface area contributed by atoms with Gasteiger partial charge in [0, 0.05) is 74.1 Å². The highest BCUT2D eigenvalue weighted by molar-refractivity contribution is 6.00. The van der Waals surface area contributed by atoms with Gasteiger partial charge >= 0.3 is 0 Å². The van der Waals surface area contributed by atoms with Crippen molar-refractivity contribution in [3.63, 3.8) is 0 Å². The van der Waals surface area contributed by atoms with E-state index in [2.05, 4.69) is 36.1 Å². The first-order valence-corrected chi connectivity index (χ1v) is 16.6. The van der Waals surface area contributed by atoms with Crippen LogP contribution in [0.2, 0.25) is 0 Å². The maximum Gasteiger partial charge on any atom is 0.254 e. The van der Waals surface area contributed by atoms with Crippen LogP contribution in [-0.2, 0) is 13.1 Å². The van der Waals surface area contributed by atoms with Crippen LogP contribution in [-0.4, -0.2) is 78.7 Å². The van der Waals surface area contributed by atoms with Crippen molar-refractivity contribution in [2.45, 2.75) is 57.8 Å². The van der Waals surface area contributed by atoms with Crippen LogP contribution < -0.4 is 15.4 Å². The van der Waals surface area contributed by atoms with E-state index in [4.69, 9.17) is 20.4 Å². The van der Waals surface area contributed by atoms with Gasteiger partial charge < -0.3 is 29.4 Å². The number of fused-ring (bicyclic) bond motifs is 4. The van der Waals surface area contributed by atoms with Crippen LogP contribution in [0, 0.1) is 24.7 Å². The van der Waals surface area contributed by atoms with E-state index in [0.717, 1.165) is 90.8 Å². The zero-order chi connectivity index (χ0) is 31.1. The van der Waals surface area contributed by atoms with Gasteiger partial charge in [0.25, 0.3) is 5.91 Å². The monoisotopic (exact) mass is 617 g/mol. The number of hydrogen-bond acceptors (Lipinski definition) is 8. The molecule has 4 aliphatic rings. The van der Waals surface area contributed by atoms with Crippen molar-refractivity contribution >= 4 is 33.8 Å². The third-order valence-corrected chi connectivity index (χ3v) is 10.7. The molecule has 1 amide bonds. The lowest BCUT2D eigenvalue weighted by atomic mass is 9.99. The number of carbonyl (C=O) groups is 1. The minimum atomic E-state index is 0.0146. The Hall–Kier alpha value is -4.51. The molecule has 236 valence electrons. The van der Waals surface area contributed by atoms with E-state index in [1.165, 1.54) is 12.8 Å². The molecule has 4 aromatic heterocycles. The second-order valence-corrected chi connectivity index (χ2v) is 13.8. The molecule has 2 saturated carbocycles. The Balaban J connectivity index is 1.14. The molecule has 0 radical (unpaired) electrons. The van der Waals surface area contributed by atoms with Crippen LogP contribution in [0.25, 0.3) is 33.6 Å². The molecule has 2 bridgehead atoms. The van der Waals surface area contributed by atoms with Gasteiger partial charge in [-0.3, -0.25) is 4.79 Å². The Morgan fingerprint density at radius 2 is 1.80 bits per heavy atom. The first-order chi connectivity index (χ1) is 22.4. The maximum atomic E-state index is 13.9. The molecule has 46 heavy (non-hydrogen) atoms. The highest BCUT2D eigenvalue weighted by atomic mass is 16.5. The van der Waals surface area contributed by atoms with E-state index in [9.17, 15) is 4.79 Å². The minimum absolute atomic E-state index is 0.0146. The molecule has 3 atom stereocenters. The third-order valence-electron chi connectivity index (χ3n) is 10.7. The quantitative estimate of drug-likeness (QED) is 0.274. The van der Waals surface area contributed by atoms with Crippen LogP contribution >= 0.6 is 0 Å². The summed E-state index contributed by atoms with van der Waals surface area (Å²) in [7, 11) is 1.68. The predicted octanol–water partition coefficient (Wildman–Crippen LogP) is 4.27. The fraction of sp³-hybridized carbons (Fsp3) is 0.457. The number of aryl methyl sites for hydroxylation is 1. The van der Waals surface area contributed by atoms with Gasteiger partial charge in [-0.15, -0.1) is 0 Å². The van der Waals surface area contributed by atoms with Crippen molar-refractivity contribution in [1.29, 1.82) is 0 Å². The van der Waals surface area contributed by atoms with Crippen molar-refractivity contribution in [2.75, 3.05) is 31.6 Å². The summed E-state index contributed by atoms with van der Waals surface area (Å²) in [5.41, 5.74) is 10.8. The Kier molecular flexibility index (Phi) is 6.35. The van der Waals surface area contributed by atoms with Crippen LogP contribution in [0.1, 0.15) is 41.9 Å². The highest BCUT2D eigenvalue weighted by Crippen LogP contribution is 2.41. The van der Waals surface area contributed by atoms with Crippen LogP contribution in [0.15, 0.2) is 48.8 Å². The molecule has 2 saturated heterocycles. The normalized spacial score (nSPS) is 22.7. The van der Waals surface area contributed by atoms with E-state index in [1.807, 2.05) is 48.5 Å². The topological polar surface area (TPSA) is 120 Å². The molecule has 5 aromatic rings. The standard InChI is InChI=1S/C35H39N9O2/c1-20-37-11-9-30(39-20)41-15-22(16-41)18-44-32-26(12-25(14-29(32)46-2)35(45)43-19-24-7-8-27(43)31(24)36)40-34(44)28-13-23-4-3-10-38-33(23)42(28)17-21-5-6-21/h3-4,9-14,21-22,24,27,31H,5-8,15-19,36H2,1-2H3/t24?,27?,31-/m1/s1. The first kappa shape index (κ1) is 27.8. The van der Waals surface area contributed by atoms with Crippen LogP contribution in [0.4, 0.5) is 5.82 Å². The lowest BCUT2D eigenvalue weighted by Gasteiger charge is -2.40. The smallest absolute Gasteiger partial charge is 0.254 e. The number of pyridine rings is 1. The molecule has 2 unspecified atom stereocenters. The van der Waals surface area contributed by atoms with E-state index < -0.39 is 0 Å². The molecular weight excluding hydrogens is 578 g/mol. The van der Waals surface area contributed by atoms with Gasteiger partial charge in [0.2, 0.25) is 0 Å². The van der Waals surface area contributed by atoms with Crippen molar-refractivity contribution < 1.29 is 9.53 Å². The number of methoxy groups -OCH3 is 1. The molecule has 2 aliphatic carbocycles. The number of hydrogen-bond donors (Lipinski definition) is 1. The maximum absolute atomic E-state index is 13.9. The number of aromatic nitrogens is 6. The fourth-order valence-electron chi connectivity index (χ4n) is 8.10. The van der Waals surface area contributed by atoms with Crippen molar-refractivity contribution in [1.82, 2.24) is 34.0 Å². The number of nitrogens with two attached hydrogens (primary N) is 1. The summed E-state index contributed by atoms with van der Waals surface area (Å²) in [6.07, 6.45) is 8.25. The SMILES string of the molecule is COc1cc(C(=O)N2CC3CCC2[C@@H]3N)cc2nc(-c3cc4cccnc4n3CC3CC3)n(CC3CN(c4ccnc(C)n4)C3)c12. The largest absolute Gasteiger partial charge is 0.494 e. The lowest BCUT2D eigenvalue weighted by Crippen LogP contribution is -2.49. The summed E-state index contributed by atoms with van der Waals surface area (Å²) in [4.78, 5) is 37.2. The number of nitrogens with zero attached hydrogens (tertiary/aromatic N) is 8. The number of imidazole rings is 1. The number of piperidine rings is 1. The molecule has 2 N–H and O–H groups in total. The fourth-order valence-corrected chi connectivity index (χ4v) is 8.10. The second-order valence-electron chi connectivity index (χ2n) is 13.8. The van der Waals surface area contributed by atoms with Gasteiger partial charge in [-0.1, -0.05) is 0 Å². The summed E-state index contributed by atoms with van der Waals surface area (Å²) in [5.74, 6) is 4.74. The van der Waals surface area contributed by atoms with Gasteiger partial charge in [0.1, 0.15) is 28.6 Å². The number of amides is 1. The predicted molar refractivity (Wildman–Crippen MR) is 176 cm³/mol. The summed E-state index contributed by atoms with van der Waals surface area (Å²) in [6, 6.07) is 12.4. The number of rotatable bonds is 8. The molecule has 11 nitrogen and oxygen atoms in total. The second kappa shape index (κ2) is 10.5. The Bertz CT molecular complexity index is 1990. The van der Waals surface area contributed by atoms with Gasteiger partial charge in [-0.05, 0) is 80.8 Å². The molecule has 2 aliphatic heterocycles. The zero-order valence-electron chi connectivity index (χ0n) is 26.3. The number of likely N-dealkylation sites (tertiary alicyclic amines) is 1. The van der Waals surface area contributed by atoms with E-state index >= 15 is 0 Å². The average molecular weight is 618 g/mol. The van der Waals surface area contributed by atoms with Crippen LogP contribution in [0.5, 0.6) is 5.75 Å². The molecule has 11 heteroatoms. The number of benzene rings is 1. The summed E-state index contributed by atoms with van der Waals surface area (Å²) in [6.45, 7) is 6.11. The molecule has 6 heterocycles. The Morgan fingerprint density at radius 3 is 2.54 bits per heavy atom. The molecule has 4 fully saturated rings.